The Morgan fingerprint density at radius 3 is 2.90 bits per heavy atom. The maximum Gasteiger partial charge on any atom is 0.286 e. The third-order valence-electron chi connectivity index (χ3n) is 5.00. The Morgan fingerprint density at radius 1 is 1.33 bits per heavy atom. The number of rotatable bonds is 8. The SMILES string of the molecule is C=CC(=O)Cc1ccccc1Nc1nc(N[C@H]2CCCN(C(=O)C=O)C2)ncc1C. The molecule has 156 valence electrons. The highest BCUT2D eigenvalue weighted by atomic mass is 16.2. The molecule has 1 aromatic carbocycles. The monoisotopic (exact) mass is 407 g/mol. The van der Waals surface area contributed by atoms with E-state index in [2.05, 4.69) is 27.2 Å². The van der Waals surface area contributed by atoms with Crippen LogP contribution in [0, 0.1) is 6.92 Å². The molecule has 1 aliphatic rings. The Balaban J connectivity index is 1.75. The summed E-state index contributed by atoms with van der Waals surface area (Å²) in [6.07, 6.45) is 5.30. The van der Waals surface area contributed by atoms with Gasteiger partial charge in [-0.25, -0.2) is 4.98 Å². The summed E-state index contributed by atoms with van der Waals surface area (Å²) in [4.78, 5) is 44.7. The van der Waals surface area contributed by atoms with E-state index in [1.807, 2.05) is 31.2 Å². The molecule has 1 amide bonds. The van der Waals surface area contributed by atoms with Crippen molar-refractivity contribution in [3.8, 4) is 0 Å². The van der Waals surface area contributed by atoms with Gasteiger partial charge in [-0.15, -0.1) is 0 Å². The van der Waals surface area contributed by atoms with Crippen molar-refractivity contribution in [3.63, 3.8) is 0 Å². The van der Waals surface area contributed by atoms with Crippen molar-refractivity contribution in [2.45, 2.75) is 32.2 Å². The van der Waals surface area contributed by atoms with Crippen LogP contribution in [0.4, 0.5) is 17.5 Å². The quantitative estimate of drug-likeness (QED) is 0.393. The van der Waals surface area contributed by atoms with Crippen LogP contribution in [0.25, 0.3) is 0 Å². The van der Waals surface area contributed by atoms with Crippen molar-refractivity contribution in [1.82, 2.24) is 14.9 Å². The molecule has 2 N–H and O–H groups in total. The second kappa shape index (κ2) is 9.78. The molecule has 1 aromatic heterocycles. The number of carbonyl (C=O) groups excluding carboxylic acids is 3. The van der Waals surface area contributed by atoms with E-state index in [1.165, 1.54) is 11.0 Å². The number of ketones is 1. The van der Waals surface area contributed by atoms with Crippen LogP contribution in [-0.4, -0.2) is 52.0 Å². The largest absolute Gasteiger partial charge is 0.350 e. The molecule has 0 unspecified atom stereocenters. The summed E-state index contributed by atoms with van der Waals surface area (Å²) in [6.45, 7) is 6.44. The number of hydrogen-bond donors (Lipinski definition) is 2. The van der Waals surface area contributed by atoms with Gasteiger partial charge in [-0.2, -0.15) is 4.98 Å². The Bertz CT molecular complexity index is 960. The summed E-state index contributed by atoms with van der Waals surface area (Å²) in [6, 6.07) is 7.52. The average Bonchev–Trinajstić information content (AvgIpc) is 2.76. The summed E-state index contributed by atoms with van der Waals surface area (Å²) >= 11 is 0. The van der Waals surface area contributed by atoms with Crippen LogP contribution in [0.2, 0.25) is 0 Å². The van der Waals surface area contributed by atoms with E-state index in [1.54, 1.807) is 6.20 Å². The fraction of sp³-hybridized carbons (Fsp3) is 0.318. The van der Waals surface area contributed by atoms with Crippen LogP contribution >= 0.6 is 0 Å². The Morgan fingerprint density at radius 2 is 2.13 bits per heavy atom. The van der Waals surface area contributed by atoms with Crippen molar-refractivity contribution in [1.29, 1.82) is 0 Å². The fourth-order valence-corrected chi connectivity index (χ4v) is 3.37. The lowest BCUT2D eigenvalue weighted by Crippen LogP contribution is -2.45. The minimum Gasteiger partial charge on any atom is -0.350 e. The number of carbonyl (C=O) groups is 3. The number of aryl methyl sites for hydroxylation is 1. The van der Waals surface area contributed by atoms with Gasteiger partial charge in [-0.1, -0.05) is 24.8 Å². The zero-order valence-corrected chi connectivity index (χ0v) is 16.9. The topological polar surface area (TPSA) is 104 Å². The van der Waals surface area contributed by atoms with Gasteiger partial charge >= 0.3 is 0 Å². The van der Waals surface area contributed by atoms with E-state index >= 15 is 0 Å². The Hall–Kier alpha value is -3.55. The minimum atomic E-state index is -0.501. The highest BCUT2D eigenvalue weighted by Gasteiger charge is 2.24. The van der Waals surface area contributed by atoms with Crippen LogP contribution in [-0.2, 0) is 20.8 Å². The first-order valence-corrected chi connectivity index (χ1v) is 9.84. The molecule has 0 aliphatic carbocycles. The molecule has 2 aromatic rings. The standard InChI is InChI=1S/C22H25N5O3/c1-3-18(29)11-16-7-4-5-9-19(16)25-21-15(2)12-23-22(26-21)24-17-8-6-10-27(13-17)20(30)14-28/h3-5,7,9,12,14,17H,1,6,8,10-11,13H2,2H3,(H2,23,24,25,26)/t17-/m0/s1. The lowest BCUT2D eigenvalue weighted by atomic mass is 10.1. The second-order valence-electron chi connectivity index (χ2n) is 7.24. The van der Waals surface area contributed by atoms with Gasteiger partial charge in [-0.05, 0) is 37.5 Å². The number of benzene rings is 1. The first-order valence-electron chi connectivity index (χ1n) is 9.84. The maximum atomic E-state index is 11.8. The molecule has 0 spiro atoms. The third-order valence-corrected chi connectivity index (χ3v) is 5.00. The van der Waals surface area contributed by atoms with Crippen LogP contribution in [0.15, 0.2) is 43.1 Å². The predicted molar refractivity (Wildman–Crippen MR) is 115 cm³/mol. The molecule has 3 rings (SSSR count). The van der Waals surface area contributed by atoms with E-state index in [9.17, 15) is 14.4 Å². The van der Waals surface area contributed by atoms with E-state index in [0.717, 1.165) is 29.7 Å². The number of aldehydes is 1. The number of hydrogen-bond acceptors (Lipinski definition) is 7. The summed E-state index contributed by atoms with van der Waals surface area (Å²) in [5.41, 5.74) is 2.50. The first kappa shape index (κ1) is 21.2. The molecule has 1 fully saturated rings. The fourth-order valence-electron chi connectivity index (χ4n) is 3.37. The molecule has 0 bridgehead atoms. The van der Waals surface area contributed by atoms with Gasteiger partial charge in [0.25, 0.3) is 5.91 Å². The number of para-hydroxylation sites is 1. The number of nitrogens with one attached hydrogen (secondary N) is 2. The van der Waals surface area contributed by atoms with Gasteiger partial charge in [0.05, 0.1) is 0 Å². The molecular formula is C22H25N5O3. The summed E-state index contributed by atoms with van der Waals surface area (Å²) in [5.74, 6) is 0.507. The van der Waals surface area contributed by atoms with Crippen LogP contribution in [0.5, 0.6) is 0 Å². The van der Waals surface area contributed by atoms with Crippen molar-refractivity contribution in [2.75, 3.05) is 23.7 Å². The molecule has 2 heterocycles. The first-order chi connectivity index (χ1) is 14.5. The highest BCUT2D eigenvalue weighted by Crippen LogP contribution is 2.24. The maximum absolute atomic E-state index is 11.8. The van der Waals surface area contributed by atoms with Gasteiger partial charge in [-0.3, -0.25) is 14.4 Å². The van der Waals surface area contributed by atoms with Gasteiger partial charge in [0.1, 0.15) is 5.82 Å². The van der Waals surface area contributed by atoms with Gasteiger partial charge in [0.15, 0.2) is 5.78 Å². The zero-order chi connectivity index (χ0) is 21.5. The van der Waals surface area contributed by atoms with E-state index in [0.29, 0.717) is 31.1 Å². The normalized spacial score (nSPS) is 15.9. The van der Waals surface area contributed by atoms with Crippen molar-refractivity contribution < 1.29 is 14.4 Å². The van der Waals surface area contributed by atoms with Crippen LogP contribution in [0.1, 0.15) is 24.0 Å². The van der Waals surface area contributed by atoms with Gasteiger partial charge in [0.2, 0.25) is 12.2 Å². The number of anilines is 3. The third kappa shape index (κ3) is 5.28. The lowest BCUT2D eigenvalue weighted by Gasteiger charge is -2.32. The number of likely N-dealkylation sites (tertiary alicyclic amines) is 1. The molecule has 1 saturated heterocycles. The minimum absolute atomic E-state index is 0.0318. The summed E-state index contributed by atoms with van der Waals surface area (Å²) < 4.78 is 0. The van der Waals surface area contributed by atoms with Crippen molar-refractivity contribution in [2.24, 2.45) is 0 Å². The number of amides is 1. The molecule has 1 atom stereocenters. The number of piperidine rings is 1. The van der Waals surface area contributed by atoms with Crippen LogP contribution in [0.3, 0.4) is 0 Å². The molecular weight excluding hydrogens is 382 g/mol. The van der Waals surface area contributed by atoms with Crippen molar-refractivity contribution >= 4 is 35.4 Å². The van der Waals surface area contributed by atoms with Gasteiger partial charge < -0.3 is 15.5 Å². The number of allylic oxidation sites excluding steroid dienone is 1. The summed E-state index contributed by atoms with van der Waals surface area (Å²) in [7, 11) is 0. The molecule has 0 saturated carbocycles. The van der Waals surface area contributed by atoms with Crippen molar-refractivity contribution in [3.05, 3.63) is 54.2 Å². The second-order valence-corrected chi connectivity index (χ2v) is 7.24. The van der Waals surface area contributed by atoms with E-state index in [4.69, 9.17) is 0 Å². The predicted octanol–water partition coefficient (Wildman–Crippen LogP) is 2.43. The smallest absolute Gasteiger partial charge is 0.286 e. The lowest BCUT2D eigenvalue weighted by molar-refractivity contribution is -0.139. The Kier molecular flexibility index (Phi) is 6.90. The highest BCUT2D eigenvalue weighted by molar-refractivity contribution is 6.23. The average molecular weight is 407 g/mol. The Labute approximate surface area is 175 Å². The number of aromatic nitrogens is 2. The molecule has 30 heavy (non-hydrogen) atoms. The van der Waals surface area contributed by atoms with Crippen LogP contribution < -0.4 is 10.6 Å². The van der Waals surface area contributed by atoms with E-state index < -0.39 is 5.91 Å². The molecule has 1 aliphatic heterocycles. The summed E-state index contributed by atoms with van der Waals surface area (Å²) in [5, 5.41) is 6.56. The zero-order valence-electron chi connectivity index (χ0n) is 16.9. The number of nitrogens with zero attached hydrogens (tertiary/aromatic N) is 3. The molecule has 0 radical (unpaired) electrons. The molecule has 8 nitrogen and oxygen atoms in total. The molecule has 8 heteroatoms. The van der Waals surface area contributed by atoms with E-state index in [-0.39, 0.29) is 18.2 Å². The van der Waals surface area contributed by atoms with Gasteiger partial charge in [0, 0.05) is 43.0 Å².